The zero-order chi connectivity index (χ0) is 16.0. The second kappa shape index (κ2) is 5.37. The van der Waals surface area contributed by atoms with Crippen LogP contribution in [0.3, 0.4) is 0 Å². The Morgan fingerprint density at radius 3 is 2.68 bits per heavy atom. The van der Waals surface area contributed by atoms with Gasteiger partial charge in [-0.1, -0.05) is 47.5 Å². The van der Waals surface area contributed by atoms with Crippen molar-refractivity contribution in [3.05, 3.63) is 42.1 Å². The number of aromatic nitrogens is 1. The first-order chi connectivity index (χ1) is 10.4. The van der Waals surface area contributed by atoms with Gasteiger partial charge in [-0.25, -0.2) is 0 Å². The molecule has 3 rings (SSSR count). The summed E-state index contributed by atoms with van der Waals surface area (Å²) >= 11 is 13.1. The van der Waals surface area contributed by atoms with Crippen molar-refractivity contribution in [2.75, 3.05) is 13.7 Å². The monoisotopic (exact) mass is 338 g/mol. The number of ether oxygens (including phenoxy) is 1. The third kappa shape index (κ3) is 2.02. The van der Waals surface area contributed by atoms with Crippen molar-refractivity contribution in [1.29, 1.82) is 0 Å². The Morgan fingerprint density at radius 2 is 2.09 bits per heavy atom. The summed E-state index contributed by atoms with van der Waals surface area (Å²) in [5, 5.41) is 4.23. The molecule has 1 aromatic carbocycles. The van der Waals surface area contributed by atoms with Crippen molar-refractivity contribution >= 4 is 40.1 Å². The van der Waals surface area contributed by atoms with Crippen LogP contribution >= 0.6 is 23.2 Å². The quantitative estimate of drug-likeness (QED) is 0.690. The molecule has 0 bridgehead atoms. The van der Waals surface area contributed by atoms with Crippen molar-refractivity contribution in [3.63, 3.8) is 0 Å². The minimum Gasteiger partial charge on any atom is -0.469 e. The van der Waals surface area contributed by atoms with Gasteiger partial charge in [-0.3, -0.25) is 9.78 Å². The molecule has 2 unspecified atom stereocenters. The van der Waals surface area contributed by atoms with Crippen LogP contribution in [0.2, 0.25) is 0 Å². The minimum absolute atomic E-state index is 0.370. The molecule has 0 radical (unpaired) electrons. The van der Waals surface area contributed by atoms with Gasteiger partial charge in [0.25, 0.3) is 0 Å². The summed E-state index contributed by atoms with van der Waals surface area (Å²) in [7, 11) is 1.36. The van der Waals surface area contributed by atoms with Gasteiger partial charge >= 0.3 is 5.97 Å². The van der Waals surface area contributed by atoms with E-state index in [1.165, 1.54) is 7.11 Å². The number of benzene rings is 1. The van der Waals surface area contributed by atoms with E-state index in [4.69, 9.17) is 27.9 Å². The predicted octanol–water partition coefficient (Wildman–Crippen LogP) is 3.02. The Hall–Kier alpha value is -1.36. The van der Waals surface area contributed by atoms with Crippen LogP contribution in [0.1, 0.15) is 12.5 Å². The maximum Gasteiger partial charge on any atom is 0.310 e. The van der Waals surface area contributed by atoms with Crippen molar-refractivity contribution in [2.24, 2.45) is 5.92 Å². The number of fused-ring (bicyclic) bond motifs is 1. The SMILES string of the molecule is COC(=O)C(C)C1(c2cccc3cccnc23)NCC1(Cl)Cl. The molecule has 1 aliphatic rings. The molecule has 2 atom stereocenters. The number of alkyl halides is 2. The molecule has 0 saturated carbocycles. The van der Waals surface area contributed by atoms with Crippen LogP contribution < -0.4 is 5.32 Å². The Bertz CT molecular complexity index is 730. The van der Waals surface area contributed by atoms with Gasteiger partial charge in [0.05, 0.1) is 24.1 Å². The zero-order valence-electron chi connectivity index (χ0n) is 12.3. The lowest BCUT2D eigenvalue weighted by Crippen LogP contribution is -2.74. The summed E-state index contributed by atoms with van der Waals surface area (Å²) in [5.41, 5.74) is 0.648. The number of methoxy groups -OCH3 is 1. The molecule has 1 fully saturated rings. The van der Waals surface area contributed by atoms with E-state index in [0.29, 0.717) is 6.54 Å². The summed E-state index contributed by atoms with van der Waals surface area (Å²) in [6.45, 7) is 2.15. The Morgan fingerprint density at radius 1 is 1.36 bits per heavy atom. The molecule has 22 heavy (non-hydrogen) atoms. The maximum atomic E-state index is 12.1. The Balaban J connectivity index is 2.25. The number of rotatable bonds is 3. The van der Waals surface area contributed by atoms with Crippen LogP contribution in [0, 0.1) is 5.92 Å². The van der Waals surface area contributed by atoms with E-state index in [2.05, 4.69) is 10.3 Å². The summed E-state index contributed by atoms with van der Waals surface area (Å²) in [4.78, 5) is 16.6. The number of nitrogens with one attached hydrogen (secondary N) is 1. The van der Waals surface area contributed by atoms with Gasteiger partial charge in [-0.15, -0.1) is 0 Å². The van der Waals surface area contributed by atoms with Crippen LogP contribution in [0.5, 0.6) is 0 Å². The molecule has 0 spiro atoms. The maximum absolute atomic E-state index is 12.1. The van der Waals surface area contributed by atoms with Gasteiger partial charge < -0.3 is 10.1 Å². The van der Waals surface area contributed by atoms with Gasteiger partial charge in [0, 0.05) is 23.7 Å². The standard InChI is InChI=1S/C16H16Cl2N2O2/c1-10(14(21)22-2)16(15(17,18)9-20-16)12-7-3-5-11-6-4-8-19-13(11)12/h3-8,10,20H,9H2,1-2H3. The molecule has 6 heteroatoms. The summed E-state index contributed by atoms with van der Waals surface area (Å²) in [6.07, 6.45) is 1.71. The van der Waals surface area contributed by atoms with E-state index < -0.39 is 15.8 Å². The lowest BCUT2D eigenvalue weighted by Gasteiger charge is -2.55. The summed E-state index contributed by atoms with van der Waals surface area (Å²) in [6, 6.07) is 9.61. The molecule has 1 N–H and O–H groups in total. The van der Waals surface area contributed by atoms with Gasteiger partial charge in [0.1, 0.15) is 0 Å². The number of para-hydroxylation sites is 1. The smallest absolute Gasteiger partial charge is 0.310 e. The highest BCUT2D eigenvalue weighted by molar-refractivity contribution is 6.50. The number of hydrogen-bond acceptors (Lipinski definition) is 4. The first-order valence-electron chi connectivity index (χ1n) is 6.99. The van der Waals surface area contributed by atoms with Crippen molar-refractivity contribution < 1.29 is 9.53 Å². The van der Waals surface area contributed by atoms with Crippen molar-refractivity contribution in [3.8, 4) is 0 Å². The van der Waals surface area contributed by atoms with E-state index in [1.807, 2.05) is 30.3 Å². The topological polar surface area (TPSA) is 51.2 Å². The average molecular weight is 339 g/mol. The Kier molecular flexibility index (Phi) is 3.79. The van der Waals surface area contributed by atoms with E-state index in [-0.39, 0.29) is 5.97 Å². The summed E-state index contributed by atoms with van der Waals surface area (Å²) in [5.74, 6) is -0.931. The second-order valence-electron chi connectivity index (χ2n) is 5.49. The molecule has 1 aromatic heterocycles. The molecule has 0 aliphatic carbocycles. The van der Waals surface area contributed by atoms with Gasteiger partial charge in [0.15, 0.2) is 4.33 Å². The van der Waals surface area contributed by atoms with Crippen LogP contribution in [-0.2, 0) is 15.1 Å². The van der Waals surface area contributed by atoms with E-state index in [1.54, 1.807) is 13.1 Å². The highest BCUT2D eigenvalue weighted by Crippen LogP contribution is 2.53. The fraction of sp³-hybridized carbons (Fsp3) is 0.375. The predicted molar refractivity (Wildman–Crippen MR) is 87.0 cm³/mol. The molecule has 2 heterocycles. The van der Waals surface area contributed by atoms with E-state index in [0.717, 1.165) is 16.5 Å². The number of pyridine rings is 1. The number of hydrogen-bond donors (Lipinski definition) is 1. The average Bonchev–Trinajstić information content (AvgIpc) is 2.53. The van der Waals surface area contributed by atoms with E-state index in [9.17, 15) is 4.79 Å². The molecule has 0 amide bonds. The lowest BCUT2D eigenvalue weighted by molar-refractivity contribution is -0.150. The van der Waals surface area contributed by atoms with Crippen LogP contribution in [0.15, 0.2) is 36.5 Å². The van der Waals surface area contributed by atoms with Crippen LogP contribution in [0.4, 0.5) is 0 Å². The number of esters is 1. The molecule has 1 saturated heterocycles. The second-order valence-corrected chi connectivity index (χ2v) is 6.98. The fourth-order valence-electron chi connectivity index (χ4n) is 3.18. The van der Waals surface area contributed by atoms with Crippen molar-refractivity contribution in [2.45, 2.75) is 16.8 Å². The van der Waals surface area contributed by atoms with Gasteiger partial charge in [-0.05, 0) is 13.0 Å². The normalized spacial score (nSPS) is 24.5. The van der Waals surface area contributed by atoms with Gasteiger partial charge in [0.2, 0.25) is 0 Å². The first-order valence-corrected chi connectivity index (χ1v) is 7.74. The largest absolute Gasteiger partial charge is 0.469 e. The third-order valence-corrected chi connectivity index (χ3v) is 5.29. The van der Waals surface area contributed by atoms with Crippen LogP contribution in [0.25, 0.3) is 10.9 Å². The molecular weight excluding hydrogens is 323 g/mol. The van der Waals surface area contributed by atoms with E-state index >= 15 is 0 Å². The fourth-order valence-corrected chi connectivity index (χ4v) is 3.98. The number of carbonyl (C=O) groups is 1. The number of carbonyl (C=O) groups excluding carboxylic acids is 1. The van der Waals surface area contributed by atoms with Crippen LogP contribution in [-0.4, -0.2) is 28.9 Å². The number of halogens is 2. The third-order valence-electron chi connectivity index (χ3n) is 4.43. The summed E-state index contributed by atoms with van der Waals surface area (Å²) < 4.78 is 3.79. The molecule has 1 aliphatic heterocycles. The highest BCUT2D eigenvalue weighted by Gasteiger charge is 2.64. The Labute approximate surface area is 138 Å². The zero-order valence-corrected chi connectivity index (χ0v) is 13.8. The highest BCUT2D eigenvalue weighted by atomic mass is 35.5. The lowest BCUT2D eigenvalue weighted by atomic mass is 9.70. The van der Waals surface area contributed by atoms with Crippen molar-refractivity contribution in [1.82, 2.24) is 10.3 Å². The first kappa shape index (κ1) is 15.5. The van der Waals surface area contributed by atoms with Gasteiger partial charge in [-0.2, -0.15) is 0 Å². The molecule has 2 aromatic rings. The minimum atomic E-state index is -1.12. The molecular formula is C16H16Cl2N2O2. The number of nitrogens with zero attached hydrogens (tertiary/aromatic N) is 1. The molecule has 4 nitrogen and oxygen atoms in total. The molecule has 116 valence electrons.